The minimum absolute atomic E-state index is 0.933. The van der Waals surface area contributed by atoms with E-state index in [-0.39, 0.29) is 0 Å². The number of nitrogen functional groups attached to an aromatic ring is 1. The molecule has 0 spiro atoms. The second-order valence-corrected chi connectivity index (χ2v) is 2.06. The maximum absolute atomic E-state index is 5.43. The molecule has 0 fully saturated rings. The quantitative estimate of drug-likeness (QED) is 0.381. The largest absolute Gasteiger partial charge is 0.238 e. The zero-order valence-electron chi connectivity index (χ0n) is 5.63. The van der Waals surface area contributed by atoms with E-state index >= 15 is 0 Å². The zero-order chi connectivity index (χ0) is 6.85. The van der Waals surface area contributed by atoms with Crippen LogP contribution < -0.4 is 10.6 Å². The van der Waals surface area contributed by atoms with Gasteiger partial charge in [0.1, 0.15) is 5.69 Å². The van der Waals surface area contributed by atoms with Crippen molar-refractivity contribution in [2.24, 2.45) is 0 Å². The number of hydrogen-bond donors (Lipinski definition) is 1. The third-order valence-electron chi connectivity index (χ3n) is 1.19. The Bertz CT molecular complexity index is 220. The van der Waals surface area contributed by atoms with Gasteiger partial charge >= 0.3 is 0 Å². The first-order valence-corrected chi connectivity index (χ1v) is 2.82. The van der Waals surface area contributed by atoms with E-state index in [9.17, 15) is 0 Å². The molecule has 2 N–H and O–H groups in total. The molecule has 1 heterocycles. The summed E-state index contributed by atoms with van der Waals surface area (Å²) in [5.41, 5.74) is 1.89. The molecule has 0 atom stereocenters. The summed E-state index contributed by atoms with van der Waals surface area (Å²) in [7, 11) is 0. The predicted octanol–water partition coefficient (Wildman–Crippen LogP) is -0.300. The number of aryl methyl sites for hydroxylation is 2. The van der Waals surface area contributed by atoms with Crippen LogP contribution in [0.4, 0.5) is 0 Å². The van der Waals surface area contributed by atoms with Crippen LogP contribution in [0.25, 0.3) is 0 Å². The molecule has 3 nitrogen and oxygen atoms in total. The molecule has 1 aromatic rings. The topological polar surface area (TPSA) is 42.8 Å². The predicted molar refractivity (Wildman–Crippen MR) is 34.1 cm³/mol. The maximum atomic E-state index is 5.43. The molecule has 48 valence electrons. The smallest absolute Gasteiger partial charge is 0.180 e. The number of aromatic nitrogens is 2. The first-order valence-electron chi connectivity index (χ1n) is 2.82. The molecule has 1 rings (SSSR count). The van der Waals surface area contributed by atoms with E-state index in [1.165, 1.54) is 4.79 Å². The fraction of sp³-hybridized carbons (Fsp3) is 0.333. The highest BCUT2D eigenvalue weighted by atomic mass is 15.5. The molecule has 0 bridgehead atoms. The van der Waals surface area contributed by atoms with Crippen LogP contribution in [0.3, 0.4) is 0 Å². The normalized spacial score (nSPS) is 9.56. The summed E-state index contributed by atoms with van der Waals surface area (Å²) in [6.45, 7) is 3.81. The van der Waals surface area contributed by atoms with Crippen LogP contribution in [0.5, 0.6) is 0 Å². The number of nitrogens with two attached hydrogens (primary N) is 1. The van der Waals surface area contributed by atoms with E-state index in [2.05, 4.69) is 5.10 Å². The SMILES string of the molecule is Cc1ccc(C)[n+](N)n1. The van der Waals surface area contributed by atoms with Crippen LogP contribution in [0.2, 0.25) is 0 Å². The molecule has 0 aliphatic carbocycles. The van der Waals surface area contributed by atoms with Gasteiger partial charge in [0.05, 0.1) is 0 Å². The van der Waals surface area contributed by atoms with Crippen molar-refractivity contribution in [3.05, 3.63) is 23.5 Å². The fourth-order valence-electron chi connectivity index (χ4n) is 0.600. The number of rotatable bonds is 0. The molecular formula is C6H10N3+. The lowest BCUT2D eigenvalue weighted by molar-refractivity contribution is -0.706. The van der Waals surface area contributed by atoms with Gasteiger partial charge in [-0.05, 0) is 13.0 Å². The highest BCUT2D eigenvalue weighted by Crippen LogP contribution is 1.87. The second-order valence-electron chi connectivity index (χ2n) is 2.06. The molecule has 0 aliphatic rings. The third-order valence-corrected chi connectivity index (χ3v) is 1.19. The summed E-state index contributed by atoms with van der Waals surface area (Å²) < 4.78 is 0. The summed E-state index contributed by atoms with van der Waals surface area (Å²) in [6.07, 6.45) is 0. The lowest BCUT2D eigenvalue weighted by Gasteiger charge is -1.88. The zero-order valence-corrected chi connectivity index (χ0v) is 5.63. The lowest BCUT2D eigenvalue weighted by Crippen LogP contribution is -2.51. The van der Waals surface area contributed by atoms with Gasteiger partial charge in [0, 0.05) is 22.9 Å². The van der Waals surface area contributed by atoms with Gasteiger partial charge in [0.2, 0.25) is 5.69 Å². The van der Waals surface area contributed by atoms with Gasteiger partial charge in [-0.15, -0.1) is 0 Å². The van der Waals surface area contributed by atoms with Crippen molar-refractivity contribution in [1.29, 1.82) is 0 Å². The molecule has 0 amide bonds. The van der Waals surface area contributed by atoms with E-state index in [0.717, 1.165) is 11.4 Å². The van der Waals surface area contributed by atoms with Crippen LogP contribution in [0.1, 0.15) is 11.4 Å². The van der Waals surface area contributed by atoms with Gasteiger partial charge < -0.3 is 0 Å². The minimum atomic E-state index is 0.933. The van der Waals surface area contributed by atoms with Crippen molar-refractivity contribution in [3.8, 4) is 0 Å². The first kappa shape index (κ1) is 6.01. The van der Waals surface area contributed by atoms with Gasteiger partial charge in [0.15, 0.2) is 0 Å². The average Bonchev–Trinajstić information content (AvgIpc) is 1.80. The highest BCUT2D eigenvalue weighted by Gasteiger charge is 2.00. The second kappa shape index (κ2) is 2.01. The Labute approximate surface area is 54.1 Å². The van der Waals surface area contributed by atoms with Crippen LogP contribution in [0.15, 0.2) is 12.1 Å². The van der Waals surface area contributed by atoms with Crippen molar-refractivity contribution in [2.45, 2.75) is 13.8 Å². The molecule has 0 saturated carbocycles. The van der Waals surface area contributed by atoms with Crippen LogP contribution in [-0.2, 0) is 0 Å². The highest BCUT2D eigenvalue weighted by molar-refractivity contribution is 4.98. The van der Waals surface area contributed by atoms with Crippen molar-refractivity contribution >= 4 is 0 Å². The van der Waals surface area contributed by atoms with Crippen molar-refractivity contribution < 1.29 is 4.79 Å². The van der Waals surface area contributed by atoms with E-state index in [1.807, 2.05) is 26.0 Å². The maximum Gasteiger partial charge on any atom is 0.238 e. The van der Waals surface area contributed by atoms with Crippen molar-refractivity contribution in [1.82, 2.24) is 5.10 Å². The number of hydrogen-bond acceptors (Lipinski definition) is 2. The Morgan fingerprint density at radius 2 is 2.11 bits per heavy atom. The fourth-order valence-corrected chi connectivity index (χ4v) is 0.600. The molecule has 0 unspecified atom stereocenters. The average molecular weight is 124 g/mol. The summed E-state index contributed by atoms with van der Waals surface area (Å²) >= 11 is 0. The Morgan fingerprint density at radius 1 is 1.44 bits per heavy atom. The first-order chi connectivity index (χ1) is 4.20. The van der Waals surface area contributed by atoms with E-state index in [1.54, 1.807) is 0 Å². The molecule has 1 aromatic heterocycles. The van der Waals surface area contributed by atoms with Crippen molar-refractivity contribution in [2.75, 3.05) is 5.84 Å². The summed E-state index contributed by atoms with van der Waals surface area (Å²) in [5, 5.41) is 3.97. The molecule has 0 aliphatic heterocycles. The third kappa shape index (κ3) is 1.16. The Morgan fingerprint density at radius 3 is 2.56 bits per heavy atom. The van der Waals surface area contributed by atoms with Crippen LogP contribution in [0, 0.1) is 13.8 Å². The number of nitrogens with zero attached hydrogens (tertiary/aromatic N) is 2. The molecule has 0 radical (unpaired) electrons. The van der Waals surface area contributed by atoms with Gasteiger partial charge in [-0.1, -0.05) is 0 Å². The summed E-state index contributed by atoms with van der Waals surface area (Å²) in [6, 6.07) is 3.86. The lowest BCUT2D eigenvalue weighted by atomic mass is 10.4. The standard InChI is InChI=1S/C6H10N3/c1-5-3-4-6(2)9(7)8-5/h3-4H,1-2H3,(H2,7,8)/q+1. The Kier molecular flexibility index (Phi) is 1.34. The summed E-state index contributed by atoms with van der Waals surface area (Å²) in [4.78, 5) is 1.37. The van der Waals surface area contributed by atoms with Crippen molar-refractivity contribution in [3.63, 3.8) is 0 Å². The van der Waals surface area contributed by atoms with Crippen LogP contribution >= 0.6 is 0 Å². The van der Waals surface area contributed by atoms with E-state index in [4.69, 9.17) is 5.84 Å². The van der Waals surface area contributed by atoms with E-state index in [0.29, 0.717) is 0 Å². The molecule has 0 saturated heterocycles. The Balaban J connectivity index is 3.17. The van der Waals surface area contributed by atoms with E-state index < -0.39 is 0 Å². The minimum Gasteiger partial charge on any atom is -0.180 e. The summed E-state index contributed by atoms with van der Waals surface area (Å²) in [5.74, 6) is 5.43. The molecule has 0 aromatic carbocycles. The van der Waals surface area contributed by atoms with Gasteiger partial charge in [-0.25, -0.2) is 0 Å². The van der Waals surface area contributed by atoms with Gasteiger partial charge in [-0.2, -0.15) is 5.84 Å². The molecular weight excluding hydrogens is 114 g/mol. The molecule has 9 heavy (non-hydrogen) atoms. The van der Waals surface area contributed by atoms with Gasteiger partial charge in [-0.3, -0.25) is 0 Å². The van der Waals surface area contributed by atoms with Gasteiger partial charge in [0.25, 0.3) is 0 Å². The molecule has 3 heteroatoms. The monoisotopic (exact) mass is 124 g/mol. The van der Waals surface area contributed by atoms with Crippen LogP contribution in [-0.4, -0.2) is 5.10 Å². The Hall–Kier alpha value is -1.12.